The normalized spacial score (nSPS) is 12.1. The average Bonchev–Trinajstić information content (AvgIpc) is 2.41. The topological polar surface area (TPSA) is 81.1 Å². The number of nitrogens with zero attached hydrogens (tertiary/aromatic N) is 2. The SMILES string of the molecule is CC(C)c1c(C(=O)O)nn(C(F)(F)F)c1N. The minimum absolute atomic E-state index is 0.107. The summed E-state index contributed by atoms with van der Waals surface area (Å²) in [6.45, 7) is 3.08. The van der Waals surface area contributed by atoms with Crippen LogP contribution in [0, 0.1) is 0 Å². The maximum atomic E-state index is 12.4. The standard InChI is InChI=1S/C8H10F3N3O2/c1-3(2)4-5(7(15)16)13-14(6(4)12)8(9,10)11/h3H,12H2,1-2H3,(H,15,16). The summed E-state index contributed by atoms with van der Waals surface area (Å²) in [6.07, 6.45) is -4.82. The zero-order valence-corrected chi connectivity index (χ0v) is 8.54. The van der Waals surface area contributed by atoms with E-state index in [0.29, 0.717) is 0 Å². The molecule has 1 aromatic heterocycles. The Hall–Kier alpha value is -1.73. The fraction of sp³-hybridized carbons (Fsp3) is 0.500. The first-order valence-corrected chi connectivity index (χ1v) is 4.35. The van der Waals surface area contributed by atoms with Gasteiger partial charge in [-0.25, -0.2) is 4.79 Å². The van der Waals surface area contributed by atoms with E-state index < -0.39 is 34.4 Å². The molecular weight excluding hydrogens is 227 g/mol. The van der Waals surface area contributed by atoms with Crippen molar-refractivity contribution in [3.05, 3.63) is 11.3 Å². The maximum absolute atomic E-state index is 12.4. The molecule has 0 saturated heterocycles. The Morgan fingerprint density at radius 3 is 2.25 bits per heavy atom. The van der Waals surface area contributed by atoms with Gasteiger partial charge in [0.15, 0.2) is 5.69 Å². The number of hydrogen-bond donors (Lipinski definition) is 2. The van der Waals surface area contributed by atoms with Crippen LogP contribution in [-0.4, -0.2) is 20.9 Å². The van der Waals surface area contributed by atoms with Crippen LogP contribution in [-0.2, 0) is 6.30 Å². The van der Waals surface area contributed by atoms with Crippen molar-refractivity contribution in [3.8, 4) is 0 Å². The number of rotatable bonds is 2. The Morgan fingerprint density at radius 2 is 2.00 bits per heavy atom. The minimum atomic E-state index is -4.82. The number of hydrogen-bond acceptors (Lipinski definition) is 3. The molecule has 1 aromatic rings. The Balaban J connectivity index is 3.48. The van der Waals surface area contributed by atoms with Crippen molar-refractivity contribution >= 4 is 11.8 Å². The van der Waals surface area contributed by atoms with E-state index in [1.165, 1.54) is 0 Å². The van der Waals surface area contributed by atoms with Gasteiger partial charge in [0.05, 0.1) is 0 Å². The summed E-state index contributed by atoms with van der Waals surface area (Å²) in [6, 6.07) is 0. The lowest BCUT2D eigenvalue weighted by Crippen LogP contribution is -2.20. The van der Waals surface area contributed by atoms with Crippen LogP contribution in [0.15, 0.2) is 0 Å². The fourth-order valence-electron chi connectivity index (χ4n) is 1.36. The highest BCUT2D eigenvalue weighted by atomic mass is 19.4. The van der Waals surface area contributed by atoms with E-state index in [-0.39, 0.29) is 5.56 Å². The molecule has 0 aliphatic heterocycles. The Kier molecular flexibility index (Phi) is 2.85. The first kappa shape index (κ1) is 12.3. The highest BCUT2D eigenvalue weighted by molar-refractivity contribution is 5.89. The van der Waals surface area contributed by atoms with Crippen LogP contribution in [0.5, 0.6) is 0 Å². The number of aromatic nitrogens is 2. The van der Waals surface area contributed by atoms with E-state index >= 15 is 0 Å². The van der Waals surface area contributed by atoms with E-state index in [9.17, 15) is 18.0 Å². The fourth-order valence-corrected chi connectivity index (χ4v) is 1.36. The highest BCUT2D eigenvalue weighted by Gasteiger charge is 2.38. The second-order valence-electron chi connectivity index (χ2n) is 3.49. The van der Waals surface area contributed by atoms with Gasteiger partial charge in [-0.05, 0) is 5.92 Å². The van der Waals surface area contributed by atoms with Gasteiger partial charge in [0, 0.05) is 5.56 Å². The van der Waals surface area contributed by atoms with Crippen molar-refractivity contribution in [2.75, 3.05) is 5.73 Å². The lowest BCUT2D eigenvalue weighted by atomic mass is 10.0. The van der Waals surface area contributed by atoms with E-state index in [1.54, 1.807) is 13.8 Å². The van der Waals surface area contributed by atoms with Crippen molar-refractivity contribution in [1.82, 2.24) is 9.78 Å². The Bertz CT molecular complexity index is 423. The molecule has 90 valence electrons. The number of alkyl halides is 3. The molecule has 16 heavy (non-hydrogen) atoms. The van der Waals surface area contributed by atoms with E-state index in [4.69, 9.17) is 10.8 Å². The van der Waals surface area contributed by atoms with Crippen molar-refractivity contribution in [1.29, 1.82) is 0 Å². The molecule has 0 radical (unpaired) electrons. The maximum Gasteiger partial charge on any atom is 0.506 e. The summed E-state index contributed by atoms with van der Waals surface area (Å²) in [4.78, 5) is 10.7. The molecule has 0 unspecified atom stereocenters. The molecule has 0 spiro atoms. The van der Waals surface area contributed by atoms with Crippen molar-refractivity contribution in [2.45, 2.75) is 26.1 Å². The molecule has 8 heteroatoms. The van der Waals surface area contributed by atoms with Crippen molar-refractivity contribution in [2.24, 2.45) is 0 Å². The number of carbonyl (C=O) groups is 1. The zero-order valence-electron chi connectivity index (χ0n) is 8.54. The van der Waals surface area contributed by atoms with E-state index in [1.807, 2.05) is 0 Å². The van der Waals surface area contributed by atoms with Crippen LogP contribution in [0.1, 0.15) is 35.8 Å². The van der Waals surface area contributed by atoms with Crippen LogP contribution >= 0.6 is 0 Å². The van der Waals surface area contributed by atoms with Crippen LogP contribution in [0.25, 0.3) is 0 Å². The molecule has 0 aromatic carbocycles. The van der Waals surface area contributed by atoms with E-state index in [0.717, 1.165) is 0 Å². The second kappa shape index (κ2) is 3.69. The van der Waals surface area contributed by atoms with Crippen LogP contribution < -0.4 is 5.73 Å². The molecular formula is C8H10F3N3O2. The number of halogens is 3. The number of carboxylic acids is 1. The molecule has 0 aliphatic rings. The smallest absolute Gasteiger partial charge is 0.476 e. The van der Waals surface area contributed by atoms with Gasteiger partial charge in [-0.15, -0.1) is 13.2 Å². The predicted molar refractivity (Wildman–Crippen MR) is 49.0 cm³/mol. The Morgan fingerprint density at radius 1 is 1.50 bits per heavy atom. The van der Waals surface area contributed by atoms with Gasteiger partial charge in [0.2, 0.25) is 0 Å². The largest absolute Gasteiger partial charge is 0.506 e. The third-order valence-corrected chi connectivity index (χ3v) is 1.98. The summed E-state index contributed by atoms with van der Waals surface area (Å²) >= 11 is 0. The molecule has 1 heterocycles. The van der Waals surface area contributed by atoms with Gasteiger partial charge in [0.1, 0.15) is 5.82 Å². The summed E-state index contributed by atoms with van der Waals surface area (Å²) in [5.41, 5.74) is 4.48. The molecule has 0 atom stereocenters. The Labute approximate surface area is 88.7 Å². The molecule has 0 saturated carbocycles. The molecule has 1 rings (SSSR count). The number of anilines is 1. The van der Waals surface area contributed by atoms with Crippen LogP contribution in [0.3, 0.4) is 0 Å². The molecule has 0 fully saturated rings. The summed E-state index contributed by atoms with van der Waals surface area (Å²) in [5.74, 6) is -2.67. The zero-order chi connectivity index (χ0) is 12.7. The second-order valence-corrected chi connectivity index (χ2v) is 3.49. The lowest BCUT2D eigenvalue weighted by Gasteiger charge is -2.09. The first-order chi connectivity index (χ1) is 7.16. The average molecular weight is 237 g/mol. The summed E-state index contributed by atoms with van der Waals surface area (Å²) in [7, 11) is 0. The molecule has 0 aliphatic carbocycles. The predicted octanol–water partition coefficient (Wildman–Crippen LogP) is 1.76. The van der Waals surface area contributed by atoms with Gasteiger partial charge in [-0.2, -0.15) is 9.78 Å². The van der Waals surface area contributed by atoms with E-state index in [2.05, 4.69) is 5.10 Å². The van der Waals surface area contributed by atoms with Crippen LogP contribution in [0.2, 0.25) is 0 Å². The molecule has 0 bridgehead atoms. The molecule has 0 amide bonds. The van der Waals surface area contributed by atoms with Crippen molar-refractivity contribution < 1.29 is 23.1 Å². The summed E-state index contributed by atoms with van der Waals surface area (Å²) in [5, 5.41) is 11.7. The monoisotopic (exact) mass is 237 g/mol. The first-order valence-electron chi connectivity index (χ1n) is 4.35. The molecule has 5 nitrogen and oxygen atoms in total. The third kappa shape index (κ3) is 1.95. The van der Waals surface area contributed by atoms with Gasteiger partial charge in [-0.1, -0.05) is 13.8 Å². The van der Waals surface area contributed by atoms with Crippen molar-refractivity contribution in [3.63, 3.8) is 0 Å². The molecule has 3 N–H and O–H groups in total. The number of nitrogen functional groups attached to an aromatic ring is 1. The lowest BCUT2D eigenvalue weighted by molar-refractivity contribution is -0.210. The number of aromatic carboxylic acids is 1. The number of carboxylic acid groups (broad SMARTS) is 1. The van der Waals surface area contributed by atoms with Gasteiger partial charge in [0.25, 0.3) is 0 Å². The van der Waals surface area contributed by atoms with Gasteiger partial charge in [-0.3, -0.25) is 0 Å². The van der Waals surface area contributed by atoms with Gasteiger partial charge < -0.3 is 10.8 Å². The minimum Gasteiger partial charge on any atom is -0.476 e. The van der Waals surface area contributed by atoms with Crippen LogP contribution in [0.4, 0.5) is 19.0 Å². The highest BCUT2D eigenvalue weighted by Crippen LogP contribution is 2.32. The third-order valence-electron chi connectivity index (χ3n) is 1.98. The van der Waals surface area contributed by atoms with Gasteiger partial charge >= 0.3 is 12.3 Å². The summed E-state index contributed by atoms with van der Waals surface area (Å²) < 4.78 is 36.8. The quantitative estimate of drug-likeness (QED) is 0.821. The number of nitrogens with two attached hydrogens (primary N) is 1.